The van der Waals surface area contributed by atoms with Crippen LogP contribution in [0.1, 0.15) is 19.4 Å². The Morgan fingerprint density at radius 2 is 1.76 bits per heavy atom. The Labute approximate surface area is 180 Å². The summed E-state index contributed by atoms with van der Waals surface area (Å²) in [6, 6.07) is 11.2. The zero-order chi connectivity index (χ0) is 21.4. The molecule has 0 aliphatic rings. The van der Waals surface area contributed by atoms with Gasteiger partial charge in [-0.1, -0.05) is 29.3 Å². The van der Waals surface area contributed by atoms with E-state index in [-0.39, 0.29) is 25.0 Å². The second-order valence-corrected chi connectivity index (χ2v) is 7.14. The molecule has 2 aromatic rings. The molecule has 1 atom stereocenters. The summed E-state index contributed by atoms with van der Waals surface area (Å²) in [5.74, 6) is 0.614. The van der Waals surface area contributed by atoms with Crippen LogP contribution >= 0.6 is 23.2 Å². The molecule has 29 heavy (non-hydrogen) atoms. The van der Waals surface area contributed by atoms with Crippen molar-refractivity contribution >= 4 is 35.0 Å². The standard InChI is InChI=1S/C21H24Cl2N2O4/c1-4-24-21(27)14(2)25(12-15-5-6-16(22)11-19(15)23)20(26)13-29-18-9-7-17(28-3)8-10-18/h5-11,14H,4,12-13H2,1-3H3,(H,24,27)/t14-/m1/s1. The van der Waals surface area contributed by atoms with Gasteiger partial charge in [-0.15, -0.1) is 0 Å². The first-order valence-corrected chi connectivity index (χ1v) is 9.89. The molecule has 0 aliphatic heterocycles. The number of hydrogen-bond acceptors (Lipinski definition) is 4. The molecule has 0 saturated carbocycles. The maximum Gasteiger partial charge on any atom is 0.261 e. The number of likely N-dealkylation sites (N-methyl/N-ethyl adjacent to an activating group) is 1. The monoisotopic (exact) mass is 438 g/mol. The highest BCUT2D eigenvalue weighted by Crippen LogP contribution is 2.23. The smallest absolute Gasteiger partial charge is 0.261 e. The van der Waals surface area contributed by atoms with Crippen LogP contribution in [0.4, 0.5) is 0 Å². The van der Waals surface area contributed by atoms with Gasteiger partial charge in [-0.3, -0.25) is 9.59 Å². The van der Waals surface area contributed by atoms with E-state index in [0.29, 0.717) is 33.7 Å². The van der Waals surface area contributed by atoms with E-state index < -0.39 is 6.04 Å². The summed E-state index contributed by atoms with van der Waals surface area (Å²) in [6.07, 6.45) is 0. The average molecular weight is 439 g/mol. The molecule has 0 unspecified atom stereocenters. The minimum Gasteiger partial charge on any atom is -0.497 e. The number of amides is 2. The maximum absolute atomic E-state index is 12.9. The predicted octanol–water partition coefficient (Wildman–Crippen LogP) is 3.93. The fourth-order valence-electron chi connectivity index (χ4n) is 2.64. The maximum atomic E-state index is 12.9. The van der Waals surface area contributed by atoms with Gasteiger partial charge in [0.1, 0.15) is 17.5 Å². The molecule has 2 aromatic carbocycles. The quantitative estimate of drug-likeness (QED) is 0.643. The zero-order valence-corrected chi connectivity index (χ0v) is 18.1. The van der Waals surface area contributed by atoms with E-state index in [4.69, 9.17) is 32.7 Å². The third kappa shape index (κ3) is 6.54. The Morgan fingerprint density at radius 3 is 2.34 bits per heavy atom. The topological polar surface area (TPSA) is 67.9 Å². The number of carbonyl (C=O) groups is 2. The lowest BCUT2D eigenvalue weighted by Gasteiger charge is -2.29. The predicted molar refractivity (Wildman–Crippen MR) is 114 cm³/mol. The van der Waals surface area contributed by atoms with Crippen molar-refractivity contribution in [3.8, 4) is 11.5 Å². The summed E-state index contributed by atoms with van der Waals surface area (Å²) in [4.78, 5) is 26.7. The fourth-order valence-corrected chi connectivity index (χ4v) is 3.11. The van der Waals surface area contributed by atoms with Crippen molar-refractivity contribution in [2.24, 2.45) is 0 Å². The normalized spacial score (nSPS) is 11.5. The molecule has 0 aliphatic carbocycles. The summed E-state index contributed by atoms with van der Waals surface area (Å²) < 4.78 is 10.7. The number of benzene rings is 2. The Morgan fingerprint density at radius 1 is 1.10 bits per heavy atom. The molecule has 0 radical (unpaired) electrons. The van der Waals surface area contributed by atoms with Gasteiger partial charge in [0.05, 0.1) is 7.11 Å². The number of halogens is 2. The molecule has 0 fully saturated rings. The summed E-state index contributed by atoms with van der Waals surface area (Å²) in [5, 5.41) is 3.66. The van der Waals surface area contributed by atoms with Gasteiger partial charge >= 0.3 is 0 Å². The van der Waals surface area contributed by atoms with Crippen molar-refractivity contribution in [3.63, 3.8) is 0 Å². The van der Waals surface area contributed by atoms with Crippen molar-refractivity contribution < 1.29 is 19.1 Å². The van der Waals surface area contributed by atoms with E-state index in [1.807, 2.05) is 6.92 Å². The van der Waals surface area contributed by atoms with Gasteiger partial charge < -0.3 is 19.7 Å². The van der Waals surface area contributed by atoms with Crippen LogP contribution in [0.3, 0.4) is 0 Å². The summed E-state index contributed by atoms with van der Waals surface area (Å²) in [5.41, 5.74) is 0.685. The van der Waals surface area contributed by atoms with E-state index in [9.17, 15) is 9.59 Å². The van der Waals surface area contributed by atoms with Crippen molar-refractivity contribution in [3.05, 3.63) is 58.1 Å². The molecule has 1 N–H and O–H groups in total. The molecule has 0 spiro atoms. The molecule has 2 rings (SSSR count). The molecule has 0 heterocycles. The Hall–Kier alpha value is -2.44. The number of carbonyl (C=O) groups excluding carboxylic acids is 2. The first kappa shape index (κ1) is 22.8. The molecular formula is C21H24Cl2N2O4. The van der Waals surface area contributed by atoms with Crippen LogP contribution in [-0.2, 0) is 16.1 Å². The van der Waals surface area contributed by atoms with Crippen LogP contribution in [0.2, 0.25) is 10.0 Å². The Bertz CT molecular complexity index is 843. The van der Waals surface area contributed by atoms with Crippen LogP contribution in [0.15, 0.2) is 42.5 Å². The van der Waals surface area contributed by atoms with Crippen LogP contribution in [-0.4, -0.2) is 43.0 Å². The molecule has 0 saturated heterocycles. The van der Waals surface area contributed by atoms with Crippen LogP contribution < -0.4 is 14.8 Å². The highest BCUT2D eigenvalue weighted by Gasteiger charge is 2.26. The number of hydrogen-bond donors (Lipinski definition) is 1. The van der Waals surface area contributed by atoms with E-state index in [1.165, 1.54) is 4.90 Å². The Kier molecular flexibility index (Phi) is 8.61. The molecular weight excluding hydrogens is 415 g/mol. The van der Waals surface area contributed by atoms with Crippen LogP contribution in [0, 0.1) is 0 Å². The molecule has 0 bridgehead atoms. The first-order chi connectivity index (χ1) is 13.8. The third-order valence-corrected chi connectivity index (χ3v) is 4.88. The van der Waals surface area contributed by atoms with Crippen LogP contribution in [0.25, 0.3) is 0 Å². The highest BCUT2D eigenvalue weighted by molar-refractivity contribution is 6.35. The number of rotatable bonds is 9. The molecule has 2 amide bonds. The van der Waals surface area contributed by atoms with E-state index in [2.05, 4.69) is 5.32 Å². The van der Waals surface area contributed by atoms with Gasteiger partial charge in [0.25, 0.3) is 5.91 Å². The number of nitrogens with zero attached hydrogens (tertiary/aromatic N) is 1. The lowest BCUT2D eigenvalue weighted by molar-refractivity contribution is -0.142. The lowest BCUT2D eigenvalue weighted by atomic mass is 10.1. The van der Waals surface area contributed by atoms with Crippen molar-refractivity contribution in [1.82, 2.24) is 10.2 Å². The second-order valence-electron chi connectivity index (χ2n) is 6.29. The fraction of sp³-hybridized carbons (Fsp3) is 0.333. The third-order valence-electron chi connectivity index (χ3n) is 4.30. The highest BCUT2D eigenvalue weighted by atomic mass is 35.5. The number of methoxy groups -OCH3 is 1. The number of nitrogens with one attached hydrogen (secondary N) is 1. The van der Waals surface area contributed by atoms with Gasteiger partial charge in [-0.05, 0) is 55.8 Å². The van der Waals surface area contributed by atoms with E-state index >= 15 is 0 Å². The van der Waals surface area contributed by atoms with Crippen molar-refractivity contribution in [1.29, 1.82) is 0 Å². The van der Waals surface area contributed by atoms with Crippen molar-refractivity contribution in [2.45, 2.75) is 26.4 Å². The Balaban J connectivity index is 2.15. The molecule has 6 nitrogen and oxygen atoms in total. The number of ether oxygens (including phenoxy) is 2. The SMILES string of the molecule is CCNC(=O)[C@@H](C)N(Cc1ccc(Cl)cc1Cl)C(=O)COc1ccc(OC)cc1. The second kappa shape index (κ2) is 10.9. The summed E-state index contributed by atoms with van der Waals surface area (Å²) in [7, 11) is 1.57. The van der Waals surface area contributed by atoms with Crippen molar-refractivity contribution in [2.75, 3.05) is 20.3 Å². The minimum atomic E-state index is -0.700. The van der Waals surface area contributed by atoms with E-state index in [1.54, 1.807) is 56.5 Å². The van der Waals surface area contributed by atoms with Gasteiger partial charge in [-0.2, -0.15) is 0 Å². The van der Waals surface area contributed by atoms with Gasteiger partial charge in [0.15, 0.2) is 6.61 Å². The molecule has 0 aromatic heterocycles. The largest absolute Gasteiger partial charge is 0.497 e. The van der Waals surface area contributed by atoms with Gasteiger partial charge in [0, 0.05) is 23.1 Å². The summed E-state index contributed by atoms with van der Waals surface area (Å²) >= 11 is 12.2. The average Bonchev–Trinajstić information content (AvgIpc) is 2.71. The van der Waals surface area contributed by atoms with E-state index in [0.717, 1.165) is 0 Å². The lowest BCUT2D eigenvalue weighted by Crippen LogP contribution is -2.49. The van der Waals surface area contributed by atoms with Gasteiger partial charge in [0.2, 0.25) is 5.91 Å². The van der Waals surface area contributed by atoms with Crippen LogP contribution in [0.5, 0.6) is 11.5 Å². The summed E-state index contributed by atoms with van der Waals surface area (Å²) in [6.45, 7) is 3.88. The van der Waals surface area contributed by atoms with Gasteiger partial charge in [-0.25, -0.2) is 0 Å². The zero-order valence-electron chi connectivity index (χ0n) is 16.6. The first-order valence-electron chi connectivity index (χ1n) is 9.13. The minimum absolute atomic E-state index is 0.152. The molecule has 8 heteroatoms. The molecule has 156 valence electrons.